The Labute approximate surface area is 193 Å². The lowest BCUT2D eigenvalue weighted by molar-refractivity contribution is -0.124. The average molecular weight is 456 g/mol. The van der Waals surface area contributed by atoms with Crippen LogP contribution < -0.4 is 10.6 Å². The van der Waals surface area contributed by atoms with Crippen molar-refractivity contribution < 1.29 is 23.5 Å². The van der Waals surface area contributed by atoms with Gasteiger partial charge in [0.1, 0.15) is 11.9 Å². The molecule has 1 heterocycles. The Bertz CT molecular complexity index is 946. The van der Waals surface area contributed by atoms with Gasteiger partial charge in [0.05, 0.1) is 5.56 Å². The topological polar surface area (TPSA) is 87.7 Å². The Balaban J connectivity index is 1.66. The summed E-state index contributed by atoms with van der Waals surface area (Å²) in [6.45, 7) is 1.73. The number of halogens is 1. The van der Waals surface area contributed by atoms with E-state index in [4.69, 9.17) is 4.74 Å². The largest absolute Gasteiger partial charge is 0.385 e. The highest BCUT2D eigenvalue weighted by Crippen LogP contribution is 2.23. The Kier molecular flexibility index (Phi) is 8.95. The van der Waals surface area contributed by atoms with E-state index >= 15 is 0 Å². The molecule has 2 aromatic carbocycles. The molecule has 1 unspecified atom stereocenters. The molecule has 176 valence electrons. The standard InChI is InChI=1S/C25H30FN3O4/c1-33-17-7-14-27-24(31)22(28-23(30)19-8-3-2-4-9-19)18-12-15-29(16-13-18)25(32)20-10-5-6-11-21(20)26/h2-6,8-11,18,22H,7,12-17H2,1H3,(H,27,31)(H,28,30). The predicted molar refractivity (Wildman–Crippen MR) is 122 cm³/mol. The first-order valence-electron chi connectivity index (χ1n) is 11.2. The van der Waals surface area contributed by atoms with Crippen LogP contribution >= 0.6 is 0 Å². The van der Waals surface area contributed by atoms with Crippen LogP contribution in [0.4, 0.5) is 4.39 Å². The van der Waals surface area contributed by atoms with Crippen LogP contribution in [0, 0.1) is 11.7 Å². The van der Waals surface area contributed by atoms with E-state index in [9.17, 15) is 18.8 Å². The van der Waals surface area contributed by atoms with Crippen LogP contribution in [0.1, 0.15) is 40.0 Å². The minimum atomic E-state index is -0.731. The number of amides is 3. The number of hydrogen-bond acceptors (Lipinski definition) is 4. The zero-order valence-electron chi connectivity index (χ0n) is 18.8. The van der Waals surface area contributed by atoms with Crippen molar-refractivity contribution in [2.24, 2.45) is 5.92 Å². The predicted octanol–water partition coefficient (Wildman–Crippen LogP) is 2.63. The molecule has 1 aliphatic heterocycles. The maximum absolute atomic E-state index is 14.0. The number of carbonyl (C=O) groups is 3. The number of nitrogens with one attached hydrogen (secondary N) is 2. The molecule has 3 rings (SSSR count). The van der Waals surface area contributed by atoms with Crippen LogP contribution in [0.15, 0.2) is 54.6 Å². The molecular weight excluding hydrogens is 425 g/mol. The maximum Gasteiger partial charge on any atom is 0.256 e. The molecule has 0 bridgehead atoms. The molecule has 0 spiro atoms. The normalized spacial score (nSPS) is 15.0. The number of nitrogens with zero attached hydrogens (tertiary/aromatic N) is 1. The number of benzene rings is 2. The van der Waals surface area contributed by atoms with E-state index in [0.29, 0.717) is 51.1 Å². The van der Waals surface area contributed by atoms with Gasteiger partial charge in [-0.15, -0.1) is 0 Å². The Morgan fingerprint density at radius 1 is 1.06 bits per heavy atom. The summed E-state index contributed by atoms with van der Waals surface area (Å²) >= 11 is 0. The smallest absolute Gasteiger partial charge is 0.256 e. The second-order valence-electron chi connectivity index (χ2n) is 8.06. The quantitative estimate of drug-likeness (QED) is 0.569. The first-order chi connectivity index (χ1) is 16.0. The maximum atomic E-state index is 14.0. The van der Waals surface area contributed by atoms with Gasteiger partial charge in [0, 0.05) is 38.9 Å². The highest BCUT2D eigenvalue weighted by Gasteiger charge is 2.34. The third-order valence-corrected chi connectivity index (χ3v) is 5.83. The first-order valence-corrected chi connectivity index (χ1v) is 11.2. The van der Waals surface area contributed by atoms with Crippen molar-refractivity contribution in [2.45, 2.75) is 25.3 Å². The van der Waals surface area contributed by atoms with Gasteiger partial charge in [-0.2, -0.15) is 0 Å². The molecule has 1 fully saturated rings. The average Bonchev–Trinajstić information content (AvgIpc) is 2.85. The van der Waals surface area contributed by atoms with Gasteiger partial charge >= 0.3 is 0 Å². The van der Waals surface area contributed by atoms with Gasteiger partial charge in [-0.25, -0.2) is 4.39 Å². The Morgan fingerprint density at radius 2 is 1.73 bits per heavy atom. The zero-order valence-corrected chi connectivity index (χ0v) is 18.8. The van der Waals surface area contributed by atoms with Crippen LogP contribution in [0.25, 0.3) is 0 Å². The van der Waals surface area contributed by atoms with Crippen molar-refractivity contribution in [1.29, 1.82) is 0 Å². The van der Waals surface area contributed by atoms with Crippen LogP contribution in [0.3, 0.4) is 0 Å². The summed E-state index contributed by atoms with van der Waals surface area (Å²) in [5, 5.41) is 5.76. The Hall–Kier alpha value is -3.26. The van der Waals surface area contributed by atoms with Gasteiger partial charge in [-0.3, -0.25) is 14.4 Å². The molecule has 1 saturated heterocycles. The van der Waals surface area contributed by atoms with Crippen molar-refractivity contribution in [3.05, 3.63) is 71.5 Å². The van der Waals surface area contributed by atoms with Crippen molar-refractivity contribution in [3.8, 4) is 0 Å². The van der Waals surface area contributed by atoms with Crippen LogP contribution in [-0.4, -0.2) is 62.0 Å². The molecule has 0 saturated carbocycles. The minimum absolute atomic E-state index is 0.0424. The number of hydrogen-bond donors (Lipinski definition) is 2. The fourth-order valence-corrected chi connectivity index (χ4v) is 3.99. The molecule has 0 aliphatic carbocycles. The number of piperidine rings is 1. The monoisotopic (exact) mass is 455 g/mol. The third-order valence-electron chi connectivity index (χ3n) is 5.83. The van der Waals surface area contributed by atoms with Gasteiger partial charge in [0.25, 0.3) is 11.8 Å². The van der Waals surface area contributed by atoms with E-state index in [0.717, 1.165) is 0 Å². The molecule has 0 aromatic heterocycles. The molecule has 0 radical (unpaired) electrons. The summed E-state index contributed by atoms with van der Waals surface area (Å²) in [5.41, 5.74) is 0.516. The number of methoxy groups -OCH3 is 1. The van der Waals surface area contributed by atoms with Crippen molar-refractivity contribution >= 4 is 17.7 Å². The van der Waals surface area contributed by atoms with E-state index in [1.54, 1.807) is 48.4 Å². The second-order valence-corrected chi connectivity index (χ2v) is 8.06. The fraction of sp³-hybridized carbons (Fsp3) is 0.400. The SMILES string of the molecule is COCCCNC(=O)C(NC(=O)c1ccccc1)C1CCN(C(=O)c2ccccc2F)CC1. The van der Waals surface area contributed by atoms with Gasteiger partial charge in [-0.1, -0.05) is 30.3 Å². The zero-order chi connectivity index (χ0) is 23.6. The van der Waals surface area contributed by atoms with E-state index in [1.807, 2.05) is 6.07 Å². The lowest BCUT2D eigenvalue weighted by Gasteiger charge is -2.36. The summed E-state index contributed by atoms with van der Waals surface area (Å²) in [6, 6.07) is 13.9. The summed E-state index contributed by atoms with van der Waals surface area (Å²) in [4.78, 5) is 40.0. The minimum Gasteiger partial charge on any atom is -0.385 e. The summed E-state index contributed by atoms with van der Waals surface area (Å²) in [5.74, 6) is -1.63. The molecule has 8 heteroatoms. The number of rotatable bonds is 9. The number of ether oxygens (including phenoxy) is 1. The highest BCUT2D eigenvalue weighted by molar-refractivity contribution is 5.97. The van der Waals surface area contributed by atoms with Gasteiger partial charge < -0.3 is 20.3 Å². The molecule has 1 aliphatic rings. The molecule has 2 aromatic rings. The van der Waals surface area contributed by atoms with Crippen molar-refractivity contribution in [2.75, 3.05) is 33.4 Å². The van der Waals surface area contributed by atoms with E-state index in [-0.39, 0.29) is 29.2 Å². The molecular formula is C25H30FN3O4. The Morgan fingerprint density at radius 3 is 2.39 bits per heavy atom. The highest BCUT2D eigenvalue weighted by atomic mass is 19.1. The lowest BCUT2D eigenvalue weighted by Crippen LogP contribution is -2.54. The van der Waals surface area contributed by atoms with Crippen molar-refractivity contribution in [3.63, 3.8) is 0 Å². The van der Waals surface area contributed by atoms with Crippen LogP contribution in [0.2, 0.25) is 0 Å². The fourth-order valence-electron chi connectivity index (χ4n) is 3.99. The van der Waals surface area contributed by atoms with Gasteiger partial charge in [0.15, 0.2) is 0 Å². The summed E-state index contributed by atoms with van der Waals surface area (Å²) in [7, 11) is 1.60. The van der Waals surface area contributed by atoms with Crippen molar-refractivity contribution in [1.82, 2.24) is 15.5 Å². The summed E-state index contributed by atoms with van der Waals surface area (Å²) < 4.78 is 19.0. The molecule has 3 amide bonds. The molecule has 1 atom stereocenters. The molecule has 2 N–H and O–H groups in total. The molecule has 33 heavy (non-hydrogen) atoms. The van der Waals surface area contributed by atoms with E-state index in [1.165, 1.54) is 12.1 Å². The van der Waals surface area contributed by atoms with E-state index in [2.05, 4.69) is 10.6 Å². The second kappa shape index (κ2) is 12.1. The van der Waals surface area contributed by atoms with Crippen LogP contribution in [-0.2, 0) is 9.53 Å². The molecule has 7 nitrogen and oxygen atoms in total. The number of likely N-dealkylation sites (tertiary alicyclic amines) is 1. The van der Waals surface area contributed by atoms with Gasteiger partial charge in [0.2, 0.25) is 5.91 Å². The first kappa shape index (κ1) is 24.4. The lowest BCUT2D eigenvalue weighted by atomic mass is 9.88. The number of carbonyl (C=O) groups excluding carboxylic acids is 3. The van der Waals surface area contributed by atoms with Crippen LogP contribution in [0.5, 0.6) is 0 Å². The summed E-state index contributed by atoms with van der Waals surface area (Å²) in [6.07, 6.45) is 1.70. The van der Waals surface area contributed by atoms with E-state index < -0.39 is 11.9 Å². The third kappa shape index (κ3) is 6.61. The van der Waals surface area contributed by atoms with Gasteiger partial charge in [-0.05, 0) is 49.4 Å².